The molecule has 0 heterocycles. The lowest BCUT2D eigenvalue weighted by Gasteiger charge is -2.12. The normalized spacial score (nSPS) is 10.0. The average molecular weight is 379 g/mol. The summed E-state index contributed by atoms with van der Waals surface area (Å²) in [6.07, 6.45) is 0. The van der Waals surface area contributed by atoms with Gasteiger partial charge in [0, 0.05) is 4.47 Å². The van der Waals surface area contributed by atoms with Crippen molar-refractivity contribution in [2.75, 3.05) is 25.1 Å². The van der Waals surface area contributed by atoms with Crippen molar-refractivity contribution in [3.8, 4) is 11.5 Å². The number of hydrogen-bond acceptors (Lipinski definition) is 3. The zero-order valence-electron chi connectivity index (χ0n) is 12.8. The molecule has 0 unspecified atom stereocenters. The van der Waals surface area contributed by atoms with Gasteiger partial charge in [0.1, 0.15) is 18.1 Å². The van der Waals surface area contributed by atoms with E-state index in [0.717, 1.165) is 10.2 Å². The average Bonchev–Trinajstić information content (AvgIpc) is 2.54. The molecule has 0 saturated carbocycles. The van der Waals surface area contributed by atoms with Crippen molar-refractivity contribution in [3.63, 3.8) is 0 Å². The van der Waals surface area contributed by atoms with Gasteiger partial charge in [-0.25, -0.2) is 4.79 Å². The number of ether oxygens (including phenoxy) is 2. The minimum atomic E-state index is -0.296. The van der Waals surface area contributed by atoms with Crippen molar-refractivity contribution in [3.05, 3.63) is 53.0 Å². The third kappa shape index (κ3) is 5.83. The second-order valence-corrected chi connectivity index (χ2v) is 5.53. The highest BCUT2D eigenvalue weighted by molar-refractivity contribution is 9.10. The monoisotopic (exact) mass is 378 g/mol. The molecule has 2 amide bonds. The van der Waals surface area contributed by atoms with Gasteiger partial charge in [0.05, 0.1) is 18.8 Å². The van der Waals surface area contributed by atoms with Crippen LogP contribution in [0.15, 0.2) is 53.0 Å². The molecule has 6 heteroatoms. The topological polar surface area (TPSA) is 59.6 Å². The smallest absolute Gasteiger partial charge is 0.319 e. The summed E-state index contributed by atoms with van der Waals surface area (Å²) in [4.78, 5) is 11.9. The molecule has 2 aromatic carbocycles. The molecular formula is C17H19BrN2O3. The number of urea groups is 1. The summed E-state index contributed by atoms with van der Waals surface area (Å²) in [7, 11) is 0. The van der Waals surface area contributed by atoms with Crippen LogP contribution in [0.4, 0.5) is 10.5 Å². The Morgan fingerprint density at radius 2 is 1.96 bits per heavy atom. The van der Waals surface area contributed by atoms with Crippen molar-refractivity contribution < 1.29 is 14.3 Å². The summed E-state index contributed by atoms with van der Waals surface area (Å²) in [6, 6.07) is 14.6. The maximum atomic E-state index is 11.9. The Kier molecular flexibility index (Phi) is 6.75. The number of carbonyl (C=O) groups is 1. The van der Waals surface area contributed by atoms with E-state index in [9.17, 15) is 4.79 Å². The van der Waals surface area contributed by atoms with Crippen LogP contribution in [0.3, 0.4) is 0 Å². The van der Waals surface area contributed by atoms with Gasteiger partial charge in [-0.15, -0.1) is 0 Å². The van der Waals surface area contributed by atoms with Gasteiger partial charge < -0.3 is 20.1 Å². The second kappa shape index (κ2) is 9.05. The van der Waals surface area contributed by atoms with E-state index in [0.29, 0.717) is 31.2 Å². The van der Waals surface area contributed by atoms with E-state index < -0.39 is 0 Å². The van der Waals surface area contributed by atoms with Gasteiger partial charge in [-0.3, -0.25) is 0 Å². The minimum Gasteiger partial charge on any atom is -0.492 e. The SMILES string of the molecule is CCOc1ccccc1NC(=O)NCCOc1cccc(Br)c1. The fourth-order valence-electron chi connectivity index (χ4n) is 1.91. The van der Waals surface area contributed by atoms with E-state index in [1.54, 1.807) is 6.07 Å². The molecule has 0 radical (unpaired) electrons. The summed E-state index contributed by atoms with van der Waals surface area (Å²) in [6.45, 7) is 3.23. The number of hydrogen-bond donors (Lipinski definition) is 2. The molecule has 2 aromatic rings. The predicted octanol–water partition coefficient (Wildman–Crippen LogP) is 4.05. The number of nitrogens with one attached hydrogen (secondary N) is 2. The van der Waals surface area contributed by atoms with Gasteiger partial charge in [-0.05, 0) is 37.3 Å². The van der Waals surface area contributed by atoms with E-state index in [2.05, 4.69) is 26.6 Å². The fourth-order valence-corrected chi connectivity index (χ4v) is 2.29. The predicted molar refractivity (Wildman–Crippen MR) is 94.3 cm³/mol. The molecule has 0 saturated heterocycles. The van der Waals surface area contributed by atoms with Crippen molar-refractivity contribution in [1.29, 1.82) is 0 Å². The van der Waals surface area contributed by atoms with Crippen LogP contribution >= 0.6 is 15.9 Å². The highest BCUT2D eigenvalue weighted by Gasteiger charge is 2.06. The minimum absolute atomic E-state index is 0.296. The third-order valence-corrected chi connectivity index (χ3v) is 3.38. The Hall–Kier alpha value is -2.21. The number of halogens is 1. The Labute approximate surface area is 144 Å². The van der Waals surface area contributed by atoms with E-state index >= 15 is 0 Å². The summed E-state index contributed by atoms with van der Waals surface area (Å²) in [5.41, 5.74) is 0.639. The van der Waals surface area contributed by atoms with E-state index in [-0.39, 0.29) is 6.03 Å². The van der Waals surface area contributed by atoms with E-state index in [4.69, 9.17) is 9.47 Å². The summed E-state index contributed by atoms with van der Waals surface area (Å²) >= 11 is 3.38. The van der Waals surface area contributed by atoms with Crippen LogP contribution in [0.2, 0.25) is 0 Å². The van der Waals surface area contributed by atoms with Crippen LogP contribution in [0.1, 0.15) is 6.92 Å². The van der Waals surface area contributed by atoms with Gasteiger partial charge in [0.25, 0.3) is 0 Å². The molecule has 2 N–H and O–H groups in total. The highest BCUT2D eigenvalue weighted by atomic mass is 79.9. The number of para-hydroxylation sites is 2. The molecule has 23 heavy (non-hydrogen) atoms. The van der Waals surface area contributed by atoms with Crippen LogP contribution in [0, 0.1) is 0 Å². The molecule has 0 aliphatic heterocycles. The van der Waals surface area contributed by atoms with E-state index in [1.807, 2.05) is 49.4 Å². The number of rotatable bonds is 7. The molecule has 122 valence electrons. The zero-order chi connectivity index (χ0) is 16.5. The van der Waals surface area contributed by atoms with Crippen LogP contribution < -0.4 is 20.1 Å². The van der Waals surface area contributed by atoms with Crippen LogP contribution in [0.25, 0.3) is 0 Å². The Morgan fingerprint density at radius 3 is 2.74 bits per heavy atom. The first-order chi connectivity index (χ1) is 11.2. The van der Waals surface area contributed by atoms with Crippen molar-refractivity contribution in [2.45, 2.75) is 6.92 Å². The lowest BCUT2D eigenvalue weighted by Crippen LogP contribution is -2.32. The number of anilines is 1. The maximum Gasteiger partial charge on any atom is 0.319 e. The molecular weight excluding hydrogens is 360 g/mol. The molecule has 2 rings (SSSR count). The number of amides is 2. The number of benzene rings is 2. The molecule has 0 aliphatic carbocycles. The van der Waals surface area contributed by atoms with E-state index in [1.165, 1.54) is 0 Å². The van der Waals surface area contributed by atoms with Gasteiger partial charge in [-0.1, -0.05) is 34.1 Å². The summed E-state index contributed by atoms with van der Waals surface area (Å²) in [5.74, 6) is 1.40. The Bertz CT molecular complexity index is 649. The first-order valence-electron chi connectivity index (χ1n) is 7.34. The molecule has 0 aromatic heterocycles. The molecule has 0 bridgehead atoms. The largest absolute Gasteiger partial charge is 0.492 e. The first-order valence-corrected chi connectivity index (χ1v) is 8.13. The van der Waals surface area contributed by atoms with Gasteiger partial charge in [0.2, 0.25) is 0 Å². The molecule has 5 nitrogen and oxygen atoms in total. The zero-order valence-corrected chi connectivity index (χ0v) is 14.4. The molecule has 0 spiro atoms. The summed E-state index contributed by atoms with van der Waals surface area (Å²) in [5, 5.41) is 5.51. The highest BCUT2D eigenvalue weighted by Crippen LogP contribution is 2.23. The molecule has 0 aliphatic rings. The van der Waals surface area contributed by atoms with Gasteiger partial charge in [-0.2, -0.15) is 0 Å². The van der Waals surface area contributed by atoms with Crippen LogP contribution in [-0.2, 0) is 0 Å². The van der Waals surface area contributed by atoms with Gasteiger partial charge >= 0.3 is 6.03 Å². The third-order valence-electron chi connectivity index (χ3n) is 2.89. The molecule has 0 atom stereocenters. The summed E-state index contributed by atoms with van der Waals surface area (Å²) < 4.78 is 12.0. The second-order valence-electron chi connectivity index (χ2n) is 4.62. The number of carbonyl (C=O) groups excluding carboxylic acids is 1. The fraction of sp³-hybridized carbons (Fsp3) is 0.235. The Morgan fingerprint density at radius 1 is 1.13 bits per heavy atom. The van der Waals surface area contributed by atoms with Crippen LogP contribution in [0.5, 0.6) is 11.5 Å². The standard InChI is InChI=1S/C17H19BrN2O3/c1-2-22-16-9-4-3-8-15(16)20-17(21)19-10-11-23-14-7-5-6-13(18)12-14/h3-9,12H,2,10-11H2,1H3,(H2,19,20,21). The Balaban J connectivity index is 1.75. The van der Waals surface area contributed by atoms with Crippen LogP contribution in [-0.4, -0.2) is 25.8 Å². The van der Waals surface area contributed by atoms with Crippen molar-refractivity contribution in [2.24, 2.45) is 0 Å². The van der Waals surface area contributed by atoms with Gasteiger partial charge in [0.15, 0.2) is 0 Å². The first kappa shape index (κ1) is 17.1. The lowest BCUT2D eigenvalue weighted by atomic mass is 10.3. The molecule has 0 fully saturated rings. The quantitative estimate of drug-likeness (QED) is 0.714. The lowest BCUT2D eigenvalue weighted by molar-refractivity contribution is 0.247. The van der Waals surface area contributed by atoms with Crippen molar-refractivity contribution in [1.82, 2.24) is 5.32 Å². The van der Waals surface area contributed by atoms with Crippen molar-refractivity contribution >= 4 is 27.6 Å². The maximum absolute atomic E-state index is 11.9.